The molecule has 2 aliphatic rings. The average molecular weight is 249 g/mol. The van der Waals surface area contributed by atoms with E-state index in [1.807, 2.05) is 4.90 Å². The monoisotopic (exact) mass is 249 g/mol. The van der Waals surface area contributed by atoms with Crippen LogP contribution < -0.4 is 0 Å². The van der Waals surface area contributed by atoms with Crippen LogP contribution >= 0.6 is 0 Å². The number of aromatic amines is 1. The molecule has 0 spiro atoms. The number of piperidine rings is 1. The van der Waals surface area contributed by atoms with Gasteiger partial charge < -0.3 is 4.90 Å². The Balaban J connectivity index is 1.59. The molecular weight excluding hydrogens is 230 g/mol. The maximum Gasteiger partial charge on any atom is 0.291 e. The molecule has 1 aromatic heterocycles. The molecule has 1 unspecified atom stereocenters. The molecule has 6 nitrogen and oxygen atoms in total. The molecule has 0 bridgehead atoms. The Kier molecular flexibility index (Phi) is 3.27. The van der Waals surface area contributed by atoms with Gasteiger partial charge in [-0.25, -0.2) is 4.98 Å². The summed E-state index contributed by atoms with van der Waals surface area (Å²) in [5.41, 5.74) is 0. The molecule has 0 saturated carbocycles. The Morgan fingerprint density at radius 3 is 2.83 bits per heavy atom. The molecule has 3 rings (SSSR count). The van der Waals surface area contributed by atoms with Crippen LogP contribution in [0, 0.1) is 0 Å². The van der Waals surface area contributed by atoms with Gasteiger partial charge in [0.2, 0.25) is 5.82 Å². The Bertz CT molecular complexity index is 399. The molecule has 1 N–H and O–H groups in total. The average Bonchev–Trinajstić information content (AvgIpc) is 3.10. The third-order valence-corrected chi connectivity index (χ3v) is 3.98. The van der Waals surface area contributed by atoms with Gasteiger partial charge in [-0.1, -0.05) is 6.42 Å². The molecule has 2 saturated heterocycles. The normalized spacial score (nSPS) is 25.6. The summed E-state index contributed by atoms with van der Waals surface area (Å²) in [6.45, 7) is 4.05. The molecule has 1 amide bonds. The van der Waals surface area contributed by atoms with E-state index < -0.39 is 0 Å². The van der Waals surface area contributed by atoms with Gasteiger partial charge in [-0.05, 0) is 32.4 Å². The van der Waals surface area contributed by atoms with Gasteiger partial charge in [-0.2, -0.15) is 5.10 Å². The van der Waals surface area contributed by atoms with Crippen LogP contribution in [0.25, 0.3) is 0 Å². The van der Waals surface area contributed by atoms with Crippen LogP contribution in [0.5, 0.6) is 0 Å². The number of carbonyl (C=O) groups is 1. The summed E-state index contributed by atoms with van der Waals surface area (Å²) < 4.78 is 0. The number of nitrogens with zero attached hydrogens (tertiary/aromatic N) is 4. The van der Waals surface area contributed by atoms with E-state index in [0.29, 0.717) is 11.9 Å². The van der Waals surface area contributed by atoms with Crippen molar-refractivity contribution in [3.63, 3.8) is 0 Å². The third-order valence-electron chi connectivity index (χ3n) is 3.98. The lowest BCUT2D eigenvalue weighted by Crippen LogP contribution is -2.41. The zero-order valence-corrected chi connectivity index (χ0v) is 10.5. The fourth-order valence-corrected chi connectivity index (χ4v) is 2.97. The Morgan fingerprint density at radius 1 is 1.28 bits per heavy atom. The molecule has 2 fully saturated rings. The second-order valence-corrected chi connectivity index (χ2v) is 5.12. The van der Waals surface area contributed by atoms with E-state index in [2.05, 4.69) is 20.1 Å². The van der Waals surface area contributed by atoms with Crippen molar-refractivity contribution in [1.82, 2.24) is 25.0 Å². The minimum atomic E-state index is -0.0213. The fraction of sp³-hybridized carbons (Fsp3) is 0.750. The minimum absolute atomic E-state index is 0.0213. The summed E-state index contributed by atoms with van der Waals surface area (Å²) in [5.74, 6) is 0.335. The fourth-order valence-electron chi connectivity index (χ4n) is 2.97. The maximum atomic E-state index is 12.1. The molecular formula is C12H19N5O. The minimum Gasteiger partial charge on any atom is -0.334 e. The quantitative estimate of drug-likeness (QED) is 0.829. The van der Waals surface area contributed by atoms with Crippen molar-refractivity contribution < 1.29 is 4.79 Å². The van der Waals surface area contributed by atoms with E-state index in [4.69, 9.17) is 0 Å². The summed E-state index contributed by atoms with van der Waals surface area (Å²) in [5, 5.41) is 6.37. The van der Waals surface area contributed by atoms with Gasteiger partial charge in [0.1, 0.15) is 6.33 Å². The van der Waals surface area contributed by atoms with Crippen LogP contribution in [0.1, 0.15) is 36.3 Å². The summed E-state index contributed by atoms with van der Waals surface area (Å²) in [7, 11) is 0. The van der Waals surface area contributed by atoms with Crippen LogP contribution in [0.4, 0.5) is 0 Å². The van der Waals surface area contributed by atoms with Gasteiger partial charge >= 0.3 is 0 Å². The van der Waals surface area contributed by atoms with Crippen molar-refractivity contribution in [3.8, 4) is 0 Å². The molecule has 1 aromatic rings. The first kappa shape index (κ1) is 11.6. The van der Waals surface area contributed by atoms with Crippen molar-refractivity contribution >= 4 is 5.91 Å². The van der Waals surface area contributed by atoms with Gasteiger partial charge in [0.05, 0.1) is 0 Å². The van der Waals surface area contributed by atoms with Crippen LogP contribution in [-0.4, -0.2) is 63.1 Å². The van der Waals surface area contributed by atoms with E-state index in [-0.39, 0.29) is 5.91 Å². The first-order valence-corrected chi connectivity index (χ1v) is 6.73. The van der Waals surface area contributed by atoms with Gasteiger partial charge in [0.25, 0.3) is 5.91 Å². The highest BCUT2D eigenvalue weighted by Crippen LogP contribution is 2.20. The summed E-state index contributed by atoms with van der Waals surface area (Å²) in [6, 6.07) is 0.539. The number of amides is 1. The van der Waals surface area contributed by atoms with E-state index in [1.54, 1.807) is 0 Å². The third kappa shape index (κ3) is 2.25. The molecule has 0 aliphatic carbocycles. The van der Waals surface area contributed by atoms with E-state index in [9.17, 15) is 4.79 Å². The highest BCUT2D eigenvalue weighted by molar-refractivity contribution is 5.90. The molecule has 0 radical (unpaired) electrons. The van der Waals surface area contributed by atoms with Gasteiger partial charge in [0, 0.05) is 19.1 Å². The second-order valence-electron chi connectivity index (χ2n) is 5.12. The lowest BCUT2D eigenvalue weighted by molar-refractivity contribution is 0.0760. The van der Waals surface area contributed by atoms with Crippen molar-refractivity contribution in [1.29, 1.82) is 0 Å². The highest BCUT2D eigenvalue weighted by Gasteiger charge is 2.32. The lowest BCUT2D eigenvalue weighted by Gasteiger charge is -2.32. The van der Waals surface area contributed by atoms with Crippen LogP contribution in [-0.2, 0) is 0 Å². The number of carbonyl (C=O) groups excluding carboxylic acids is 1. The molecule has 18 heavy (non-hydrogen) atoms. The molecule has 6 heteroatoms. The smallest absolute Gasteiger partial charge is 0.291 e. The van der Waals surface area contributed by atoms with Gasteiger partial charge in [-0.15, -0.1) is 0 Å². The summed E-state index contributed by atoms with van der Waals surface area (Å²) in [4.78, 5) is 20.5. The number of hydrogen-bond acceptors (Lipinski definition) is 4. The zero-order valence-electron chi connectivity index (χ0n) is 10.5. The van der Waals surface area contributed by atoms with E-state index >= 15 is 0 Å². The van der Waals surface area contributed by atoms with Crippen molar-refractivity contribution in [2.24, 2.45) is 0 Å². The van der Waals surface area contributed by atoms with Crippen molar-refractivity contribution in [2.75, 3.05) is 26.2 Å². The predicted octanol–water partition coefficient (Wildman–Crippen LogP) is 0.505. The van der Waals surface area contributed by atoms with Gasteiger partial charge in [-0.3, -0.25) is 14.8 Å². The Hall–Kier alpha value is -1.43. The zero-order chi connectivity index (χ0) is 12.4. The first-order chi connectivity index (χ1) is 8.84. The largest absolute Gasteiger partial charge is 0.334 e. The van der Waals surface area contributed by atoms with Gasteiger partial charge in [0.15, 0.2) is 0 Å². The first-order valence-electron chi connectivity index (χ1n) is 6.73. The number of likely N-dealkylation sites (tertiary alicyclic amines) is 2. The van der Waals surface area contributed by atoms with Crippen molar-refractivity contribution in [2.45, 2.75) is 31.7 Å². The van der Waals surface area contributed by atoms with Crippen molar-refractivity contribution in [3.05, 3.63) is 12.2 Å². The van der Waals surface area contributed by atoms with E-state index in [0.717, 1.165) is 19.5 Å². The number of rotatable bonds is 2. The lowest BCUT2D eigenvalue weighted by atomic mass is 10.1. The topological polar surface area (TPSA) is 65.1 Å². The maximum absolute atomic E-state index is 12.1. The molecule has 2 aliphatic heterocycles. The standard InChI is InChI=1S/C12H19N5O/c18-12(11-13-9-14-15-11)17-7-4-10(8-17)16-5-2-1-3-6-16/h9-10H,1-8H2,(H,13,14,15). The van der Waals surface area contributed by atoms with E-state index in [1.165, 1.54) is 38.7 Å². The Morgan fingerprint density at radius 2 is 2.11 bits per heavy atom. The molecule has 98 valence electrons. The van der Waals surface area contributed by atoms with Crippen LogP contribution in [0.15, 0.2) is 6.33 Å². The number of H-pyrrole nitrogens is 1. The highest BCUT2D eigenvalue weighted by atomic mass is 16.2. The Labute approximate surface area is 106 Å². The molecule has 3 heterocycles. The van der Waals surface area contributed by atoms with Crippen LogP contribution in [0.3, 0.4) is 0 Å². The van der Waals surface area contributed by atoms with Crippen LogP contribution in [0.2, 0.25) is 0 Å². The number of hydrogen-bond donors (Lipinski definition) is 1. The number of aromatic nitrogens is 3. The molecule has 0 aromatic carbocycles. The molecule has 1 atom stereocenters. The summed E-state index contributed by atoms with van der Waals surface area (Å²) >= 11 is 0. The predicted molar refractivity (Wildman–Crippen MR) is 66.1 cm³/mol. The SMILES string of the molecule is O=C(c1ncn[nH]1)N1CCC(N2CCCCC2)C1. The summed E-state index contributed by atoms with van der Waals surface area (Å²) in [6.07, 6.45) is 6.41. The number of nitrogens with one attached hydrogen (secondary N) is 1. The second kappa shape index (κ2) is 5.06.